The van der Waals surface area contributed by atoms with E-state index in [1.165, 1.54) is 20.3 Å². The number of benzene rings is 4. The van der Waals surface area contributed by atoms with Gasteiger partial charge in [-0.3, -0.25) is 9.59 Å². The average Bonchev–Trinajstić information content (AvgIpc) is 2.90. The van der Waals surface area contributed by atoms with E-state index in [9.17, 15) is 9.59 Å². The molecule has 0 fully saturated rings. The van der Waals surface area contributed by atoms with E-state index in [1.54, 1.807) is 42.5 Å². The van der Waals surface area contributed by atoms with E-state index >= 15 is 0 Å². The fraction of sp³-hybridized carbons (Fsp3) is 0.103. The Kier molecular flexibility index (Phi) is 7.43. The SMILES string of the molecule is COc1ccccc1NC(=O)COc1ccc(/C=C/C(=O)c2ccc3ccccc3c2)cc1OC. The topological polar surface area (TPSA) is 73.9 Å². The van der Waals surface area contributed by atoms with Crippen LogP contribution in [0.2, 0.25) is 0 Å². The van der Waals surface area contributed by atoms with Gasteiger partial charge in [0.15, 0.2) is 23.9 Å². The molecule has 1 amide bonds. The van der Waals surface area contributed by atoms with Gasteiger partial charge in [0, 0.05) is 5.56 Å². The number of ether oxygens (including phenoxy) is 3. The van der Waals surface area contributed by atoms with Crippen LogP contribution < -0.4 is 19.5 Å². The molecule has 0 aromatic heterocycles. The normalized spacial score (nSPS) is 10.8. The van der Waals surface area contributed by atoms with Crippen LogP contribution in [-0.4, -0.2) is 32.5 Å². The molecule has 0 aliphatic carbocycles. The van der Waals surface area contributed by atoms with E-state index in [0.29, 0.717) is 28.5 Å². The van der Waals surface area contributed by atoms with E-state index in [2.05, 4.69) is 5.32 Å². The molecule has 1 N–H and O–H groups in total. The number of anilines is 1. The van der Waals surface area contributed by atoms with Gasteiger partial charge >= 0.3 is 0 Å². The van der Waals surface area contributed by atoms with Gasteiger partial charge in [0.1, 0.15) is 5.75 Å². The smallest absolute Gasteiger partial charge is 0.262 e. The Bertz CT molecular complexity index is 1390. The van der Waals surface area contributed by atoms with E-state index < -0.39 is 0 Å². The van der Waals surface area contributed by atoms with Crippen LogP contribution >= 0.6 is 0 Å². The molecule has 0 saturated carbocycles. The second kappa shape index (κ2) is 11.0. The summed E-state index contributed by atoms with van der Waals surface area (Å²) >= 11 is 0. The van der Waals surface area contributed by atoms with Crippen LogP contribution in [0.15, 0.2) is 91.0 Å². The van der Waals surface area contributed by atoms with Gasteiger partial charge in [-0.25, -0.2) is 0 Å². The van der Waals surface area contributed by atoms with Gasteiger partial charge in [-0.05, 0) is 52.7 Å². The standard InChI is InChI=1S/C29H25NO5/c1-33-26-10-6-5-9-24(26)30-29(32)19-35-27-16-12-20(17-28(27)34-2)11-15-25(31)23-14-13-21-7-3-4-8-22(21)18-23/h3-18H,19H2,1-2H3,(H,30,32)/b15-11+. The fourth-order valence-corrected chi connectivity index (χ4v) is 3.60. The number of carbonyl (C=O) groups is 2. The molecular weight excluding hydrogens is 442 g/mol. The molecule has 0 saturated heterocycles. The maximum Gasteiger partial charge on any atom is 0.262 e. The third kappa shape index (κ3) is 5.86. The minimum absolute atomic E-state index is 0.0944. The molecule has 176 valence electrons. The minimum Gasteiger partial charge on any atom is -0.495 e. The molecule has 4 aromatic carbocycles. The number of nitrogens with one attached hydrogen (secondary N) is 1. The highest BCUT2D eigenvalue weighted by molar-refractivity contribution is 6.08. The largest absolute Gasteiger partial charge is 0.495 e. The van der Waals surface area contributed by atoms with Crippen molar-refractivity contribution in [2.75, 3.05) is 26.1 Å². The van der Waals surface area contributed by atoms with Gasteiger partial charge in [0.05, 0.1) is 19.9 Å². The number of hydrogen-bond donors (Lipinski definition) is 1. The summed E-state index contributed by atoms with van der Waals surface area (Å²) in [5, 5.41) is 4.87. The molecule has 35 heavy (non-hydrogen) atoms. The number of carbonyl (C=O) groups excluding carboxylic acids is 2. The lowest BCUT2D eigenvalue weighted by Gasteiger charge is -2.13. The summed E-state index contributed by atoms with van der Waals surface area (Å²) in [6.07, 6.45) is 3.25. The van der Waals surface area contributed by atoms with Crippen LogP contribution in [0.5, 0.6) is 17.2 Å². The zero-order chi connectivity index (χ0) is 24.6. The first-order valence-corrected chi connectivity index (χ1v) is 11.0. The first-order chi connectivity index (χ1) is 17.1. The molecular formula is C29H25NO5. The van der Waals surface area contributed by atoms with Crippen molar-refractivity contribution < 1.29 is 23.8 Å². The van der Waals surface area contributed by atoms with Crippen molar-refractivity contribution in [2.45, 2.75) is 0 Å². The second-order valence-corrected chi connectivity index (χ2v) is 7.71. The molecule has 0 heterocycles. The van der Waals surface area contributed by atoms with Gasteiger partial charge in [-0.1, -0.05) is 60.7 Å². The highest BCUT2D eigenvalue weighted by Crippen LogP contribution is 2.29. The number of fused-ring (bicyclic) bond motifs is 1. The van der Waals surface area contributed by atoms with E-state index in [0.717, 1.165) is 16.3 Å². The summed E-state index contributed by atoms with van der Waals surface area (Å²) < 4.78 is 16.3. The van der Waals surface area contributed by atoms with Crippen molar-refractivity contribution in [1.29, 1.82) is 0 Å². The quantitative estimate of drug-likeness (QED) is 0.250. The predicted molar refractivity (Wildman–Crippen MR) is 137 cm³/mol. The number of ketones is 1. The van der Waals surface area contributed by atoms with Crippen LogP contribution in [0.25, 0.3) is 16.8 Å². The Morgan fingerprint density at radius 3 is 2.31 bits per heavy atom. The summed E-state index contributed by atoms with van der Waals surface area (Å²) in [4.78, 5) is 25.0. The average molecular weight is 468 g/mol. The third-order valence-electron chi connectivity index (χ3n) is 5.39. The predicted octanol–water partition coefficient (Wildman–Crippen LogP) is 5.77. The molecule has 6 nitrogen and oxygen atoms in total. The third-order valence-corrected chi connectivity index (χ3v) is 5.39. The first kappa shape index (κ1) is 23.6. The van der Waals surface area contributed by atoms with Gasteiger partial charge in [-0.2, -0.15) is 0 Å². The molecule has 0 radical (unpaired) electrons. The number of para-hydroxylation sites is 2. The van der Waals surface area contributed by atoms with Gasteiger partial charge < -0.3 is 19.5 Å². The number of allylic oxidation sites excluding steroid dienone is 1. The maximum atomic E-state index is 12.7. The van der Waals surface area contributed by atoms with Crippen molar-refractivity contribution in [3.8, 4) is 17.2 Å². The molecule has 4 rings (SSSR count). The Morgan fingerprint density at radius 1 is 0.771 bits per heavy atom. The van der Waals surface area contributed by atoms with Crippen molar-refractivity contribution in [3.05, 3.63) is 102 Å². The summed E-state index contributed by atoms with van der Waals surface area (Å²) in [5.74, 6) is 1.01. The maximum absolute atomic E-state index is 12.7. The molecule has 0 aliphatic heterocycles. The summed E-state index contributed by atoms with van der Waals surface area (Å²) in [7, 11) is 3.06. The summed E-state index contributed by atoms with van der Waals surface area (Å²) in [6, 6.07) is 25.9. The number of hydrogen-bond acceptors (Lipinski definition) is 5. The molecule has 6 heteroatoms. The van der Waals surface area contributed by atoms with Gasteiger partial charge in [0.25, 0.3) is 5.91 Å². The van der Waals surface area contributed by atoms with E-state index in [1.807, 2.05) is 48.5 Å². The van der Waals surface area contributed by atoms with E-state index in [-0.39, 0.29) is 18.3 Å². The van der Waals surface area contributed by atoms with Gasteiger partial charge in [-0.15, -0.1) is 0 Å². The van der Waals surface area contributed by atoms with Gasteiger partial charge in [0.2, 0.25) is 0 Å². The monoisotopic (exact) mass is 467 g/mol. The number of amides is 1. The highest BCUT2D eigenvalue weighted by atomic mass is 16.5. The zero-order valence-electron chi connectivity index (χ0n) is 19.5. The fourth-order valence-electron chi connectivity index (χ4n) is 3.60. The number of rotatable bonds is 9. The Labute approximate surface area is 203 Å². The molecule has 0 atom stereocenters. The highest BCUT2D eigenvalue weighted by Gasteiger charge is 2.11. The lowest BCUT2D eigenvalue weighted by molar-refractivity contribution is -0.118. The van der Waals surface area contributed by atoms with Crippen molar-refractivity contribution in [2.24, 2.45) is 0 Å². The van der Waals surface area contributed by atoms with Crippen LogP contribution in [-0.2, 0) is 4.79 Å². The van der Waals surface area contributed by atoms with Crippen molar-refractivity contribution in [3.63, 3.8) is 0 Å². The molecule has 0 unspecified atom stereocenters. The van der Waals surface area contributed by atoms with Crippen molar-refractivity contribution in [1.82, 2.24) is 0 Å². The van der Waals surface area contributed by atoms with Crippen LogP contribution in [0, 0.1) is 0 Å². The lowest BCUT2D eigenvalue weighted by Crippen LogP contribution is -2.20. The molecule has 0 bridgehead atoms. The lowest BCUT2D eigenvalue weighted by atomic mass is 10.0. The summed E-state index contributed by atoms with van der Waals surface area (Å²) in [6.45, 7) is -0.204. The Morgan fingerprint density at radius 2 is 1.51 bits per heavy atom. The Hall–Kier alpha value is -4.58. The van der Waals surface area contributed by atoms with Crippen LogP contribution in [0.1, 0.15) is 15.9 Å². The van der Waals surface area contributed by atoms with Crippen LogP contribution in [0.3, 0.4) is 0 Å². The zero-order valence-corrected chi connectivity index (χ0v) is 19.5. The van der Waals surface area contributed by atoms with Crippen LogP contribution in [0.4, 0.5) is 5.69 Å². The molecule has 4 aromatic rings. The Balaban J connectivity index is 1.40. The number of methoxy groups -OCH3 is 2. The van der Waals surface area contributed by atoms with E-state index in [4.69, 9.17) is 14.2 Å². The molecule has 0 spiro atoms. The minimum atomic E-state index is -0.332. The first-order valence-electron chi connectivity index (χ1n) is 11.0. The molecule has 0 aliphatic rings. The summed E-state index contributed by atoms with van der Waals surface area (Å²) in [5.41, 5.74) is 1.95. The second-order valence-electron chi connectivity index (χ2n) is 7.71. The van der Waals surface area contributed by atoms with Crippen molar-refractivity contribution >= 4 is 34.2 Å².